The van der Waals surface area contributed by atoms with Crippen LogP contribution < -0.4 is 10.1 Å². The molecule has 0 saturated carbocycles. The molecule has 0 atom stereocenters. The predicted octanol–water partition coefficient (Wildman–Crippen LogP) is 7.48. The average Bonchev–Trinajstić information content (AvgIpc) is 2.74. The SMILES string of the molecule is CCC(C)(C)NC(=O)c1cc(O)ccc1Oc1ccc(C(C)(C)CC)cc1C(C)(C)CC. The molecular weight excluding hydrogens is 398 g/mol. The van der Waals surface area contributed by atoms with Crippen molar-refractivity contribution < 1.29 is 14.6 Å². The van der Waals surface area contributed by atoms with E-state index in [2.05, 4.69) is 59.0 Å². The summed E-state index contributed by atoms with van der Waals surface area (Å²) in [5, 5.41) is 13.1. The van der Waals surface area contributed by atoms with Crippen LogP contribution in [0.1, 0.15) is 103 Å². The molecule has 0 aliphatic carbocycles. The number of ether oxygens (including phenoxy) is 1. The molecule has 2 aromatic carbocycles. The van der Waals surface area contributed by atoms with Crippen molar-refractivity contribution in [1.29, 1.82) is 0 Å². The second-order valence-electron chi connectivity index (χ2n) is 10.7. The van der Waals surface area contributed by atoms with E-state index in [0.717, 1.165) is 30.6 Å². The maximum Gasteiger partial charge on any atom is 0.255 e. The molecule has 32 heavy (non-hydrogen) atoms. The van der Waals surface area contributed by atoms with E-state index in [-0.39, 0.29) is 28.0 Å². The third-order valence-corrected chi connectivity index (χ3v) is 7.02. The second kappa shape index (κ2) is 9.56. The number of benzene rings is 2. The van der Waals surface area contributed by atoms with Gasteiger partial charge < -0.3 is 15.2 Å². The molecule has 0 radical (unpaired) electrons. The average molecular weight is 440 g/mol. The third-order valence-electron chi connectivity index (χ3n) is 7.02. The van der Waals surface area contributed by atoms with Crippen molar-refractivity contribution in [3.05, 3.63) is 53.1 Å². The lowest BCUT2D eigenvalue weighted by Crippen LogP contribution is -2.42. The Morgan fingerprint density at radius 3 is 2.00 bits per heavy atom. The standard InChI is InChI=1S/C28H41NO3/c1-10-26(4,5)19-13-15-24(22(17-19)27(6,7)11-2)32-23-16-14-20(30)18-21(23)25(31)29-28(8,9)12-3/h13-18,30H,10-12H2,1-9H3,(H,29,31). The first-order valence-corrected chi connectivity index (χ1v) is 11.7. The quantitative estimate of drug-likeness (QED) is 0.426. The van der Waals surface area contributed by atoms with Gasteiger partial charge in [0.1, 0.15) is 17.2 Å². The first-order valence-electron chi connectivity index (χ1n) is 11.7. The largest absolute Gasteiger partial charge is 0.508 e. The number of phenolic OH excluding ortho intramolecular Hbond substituents is 1. The normalized spacial score (nSPS) is 12.5. The highest BCUT2D eigenvalue weighted by molar-refractivity contribution is 5.97. The maximum atomic E-state index is 13.0. The lowest BCUT2D eigenvalue weighted by atomic mass is 9.76. The number of nitrogens with one attached hydrogen (secondary N) is 1. The molecule has 176 valence electrons. The van der Waals surface area contributed by atoms with Crippen LogP contribution in [0.3, 0.4) is 0 Å². The van der Waals surface area contributed by atoms with E-state index >= 15 is 0 Å². The van der Waals surface area contributed by atoms with Crippen molar-refractivity contribution in [2.24, 2.45) is 0 Å². The minimum Gasteiger partial charge on any atom is -0.508 e. The summed E-state index contributed by atoms with van der Waals surface area (Å²) in [6.45, 7) is 19.3. The van der Waals surface area contributed by atoms with E-state index in [4.69, 9.17) is 4.74 Å². The van der Waals surface area contributed by atoms with E-state index in [0.29, 0.717) is 11.3 Å². The zero-order chi connectivity index (χ0) is 24.3. The monoisotopic (exact) mass is 439 g/mol. The molecule has 4 nitrogen and oxygen atoms in total. The lowest BCUT2D eigenvalue weighted by Gasteiger charge is -2.30. The molecule has 0 saturated heterocycles. The summed E-state index contributed by atoms with van der Waals surface area (Å²) in [5.74, 6) is 0.943. The van der Waals surface area contributed by atoms with Gasteiger partial charge in [0.05, 0.1) is 5.56 Å². The molecule has 1 amide bonds. The summed E-state index contributed by atoms with van der Waals surface area (Å²) in [6.07, 6.45) is 2.78. The van der Waals surface area contributed by atoms with Gasteiger partial charge in [-0.1, -0.05) is 60.6 Å². The highest BCUT2D eigenvalue weighted by atomic mass is 16.5. The fourth-order valence-electron chi connectivity index (χ4n) is 3.33. The van der Waals surface area contributed by atoms with Gasteiger partial charge in [-0.3, -0.25) is 4.79 Å². The van der Waals surface area contributed by atoms with Crippen molar-refractivity contribution in [1.82, 2.24) is 5.32 Å². The number of amides is 1. The molecule has 2 aromatic rings. The van der Waals surface area contributed by atoms with Gasteiger partial charge in [0, 0.05) is 11.1 Å². The summed E-state index contributed by atoms with van der Waals surface area (Å²) in [6, 6.07) is 11.1. The molecule has 0 fully saturated rings. The minimum atomic E-state index is -0.359. The summed E-state index contributed by atoms with van der Waals surface area (Å²) in [7, 11) is 0. The number of hydrogen-bond acceptors (Lipinski definition) is 3. The van der Waals surface area contributed by atoms with Crippen LogP contribution in [0.5, 0.6) is 17.2 Å². The summed E-state index contributed by atoms with van der Waals surface area (Å²) in [4.78, 5) is 13.0. The van der Waals surface area contributed by atoms with Gasteiger partial charge in [-0.05, 0) is 73.8 Å². The number of aromatic hydroxyl groups is 1. The van der Waals surface area contributed by atoms with Crippen molar-refractivity contribution in [3.8, 4) is 17.2 Å². The topological polar surface area (TPSA) is 58.6 Å². The van der Waals surface area contributed by atoms with Crippen LogP contribution in [-0.2, 0) is 10.8 Å². The minimum absolute atomic E-state index is 0.0333. The van der Waals surface area contributed by atoms with Gasteiger partial charge in [0.15, 0.2) is 0 Å². The van der Waals surface area contributed by atoms with Crippen LogP contribution in [0.2, 0.25) is 0 Å². The highest BCUT2D eigenvalue weighted by Crippen LogP contribution is 2.41. The van der Waals surface area contributed by atoms with Gasteiger partial charge in [0.25, 0.3) is 5.91 Å². The van der Waals surface area contributed by atoms with Gasteiger partial charge in [-0.15, -0.1) is 0 Å². The molecule has 2 N–H and O–H groups in total. The smallest absolute Gasteiger partial charge is 0.255 e. The van der Waals surface area contributed by atoms with Crippen molar-refractivity contribution in [2.45, 2.75) is 97.9 Å². The predicted molar refractivity (Wildman–Crippen MR) is 133 cm³/mol. The van der Waals surface area contributed by atoms with Crippen LogP contribution in [0, 0.1) is 0 Å². The summed E-state index contributed by atoms with van der Waals surface area (Å²) >= 11 is 0. The highest BCUT2D eigenvalue weighted by Gasteiger charge is 2.28. The second-order valence-corrected chi connectivity index (χ2v) is 10.7. The molecule has 0 spiro atoms. The molecule has 0 aliphatic heterocycles. The summed E-state index contributed by atoms with van der Waals surface area (Å²) < 4.78 is 6.38. The number of phenols is 1. The van der Waals surface area contributed by atoms with Gasteiger partial charge in [-0.2, -0.15) is 0 Å². The van der Waals surface area contributed by atoms with Crippen LogP contribution in [0.4, 0.5) is 0 Å². The molecule has 0 heterocycles. The third kappa shape index (κ3) is 5.85. The van der Waals surface area contributed by atoms with E-state index in [1.807, 2.05) is 26.8 Å². The van der Waals surface area contributed by atoms with Crippen molar-refractivity contribution in [3.63, 3.8) is 0 Å². The van der Waals surface area contributed by atoms with E-state index in [1.54, 1.807) is 12.1 Å². The Balaban J connectivity index is 2.56. The first-order chi connectivity index (χ1) is 14.8. The van der Waals surface area contributed by atoms with E-state index < -0.39 is 0 Å². The Bertz CT molecular complexity index is 957. The zero-order valence-electron chi connectivity index (χ0n) is 21.3. The molecular formula is C28H41NO3. The fraction of sp³-hybridized carbons (Fsp3) is 0.536. The van der Waals surface area contributed by atoms with Gasteiger partial charge in [-0.25, -0.2) is 0 Å². The number of carbonyl (C=O) groups excluding carboxylic acids is 1. The van der Waals surface area contributed by atoms with Crippen LogP contribution in [-0.4, -0.2) is 16.6 Å². The molecule has 0 unspecified atom stereocenters. The Kier molecular flexibility index (Phi) is 7.70. The van der Waals surface area contributed by atoms with Gasteiger partial charge in [0.2, 0.25) is 0 Å². The number of rotatable bonds is 9. The molecule has 4 heteroatoms. The van der Waals surface area contributed by atoms with Gasteiger partial charge >= 0.3 is 0 Å². The van der Waals surface area contributed by atoms with Crippen LogP contribution in [0.25, 0.3) is 0 Å². The molecule has 0 aliphatic rings. The van der Waals surface area contributed by atoms with Crippen LogP contribution in [0.15, 0.2) is 36.4 Å². The van der Waals surface area contributed by atoms with Crippen molar-refractivity contribution >= 4 is 5.91 Å². The fourth-order valence-corrected chi connectivity index (χ4v) is 3.33. The van der Waals surface area contributed by atoms with Crippen LogP contribution >= 0.6 is 0 Å². The molecule has 2 rings (SSSR count). The summed E-state index contributed by atoms with van der Waals surface area (Å²) in [5.41, 5.74) is 2.32. The molecule has 0 aromatic heterocycles. The van der Waals surface area contributed by atoms with E-state index in [9.17, 15) is 9.90 Å². The van der Waals surface area contributed by atoms with Crippen molar-refractivity contribution in [2.75, 3.05) is 0 Å². The first kappa shape index (κ1) is 25.8. The Morgan fingerprint density at radius 1 is 0.844 bits per heavy atom. The number of carbonyl (C=O) groups is 1. The van der Waals surface area contributed by atoms with E-state index in [1.165, 1.54) is 11.6 Å². The Morgan fingerprint density at radius 2 is 1.44 bits per heavy atom. The molecule has 0 bridgehead atoms. The number of hydrogen-bond donors (Lipinski definition) is 2. The maximum absolute atomic E-state index is 13.0. The Labute approximate surface area is 194 Å². The zero-order valence-corrected chi connectivity index (χ0v) is 21.3. The lowest BCUT2D eigenvalue weighted by molar-refractivity contribution is 0.0908. The Hall–Kier alpha value is -2.49.